The monoisotopic (exact) mass is 209 g/mol. The lowest BCUT2D eigenvalue weighted by Crippen LogP contribution is -2.43. The van der Waals surface area contributed by atoms with Gasteiger partial charge in [-0.3, -0.25) is 4.90 Å². The van der Waals surface area contributed by atoms with Crippen molar-refractivity contribution in [2.24, 2.45) is 5.41 Å². The first-order valence-electron chi connectivity index (χ1n) is 5.57. The molecular weight excluding hydrogens is 190 g/mol. The highest BCUT2D eigenvalue weighted by Crippen LogP contribution is 2.29. The zero-order valence-electron chi connectivity index (χ0n) is 9.28. The van der Waals surface area contributed by atoms with E-state index in [1.54, 1.807) is 6.26 Å². The smallest absolute Gasteiger partial charge is 0.117 e. The molecule has 3 nitrogen and oxygen atoms in total. The maximum Gasteiger partial charge on any atom is 0.117 e. The van der Waals surface area contributed by atoms with E-state index >= 15 is 0 Å². The average molecular weight is 209 g/mol. The number of likely N-dealkylation sites (tertiary alicyclic amines) is 1. The molecule has 0 aromatic carbocycles. The molecule has 1 fully saturated rings. The van der Waals surface area contributed by atoms with E-state index in [0.29, 0.717) is 0 Å². The van der Waals surface area contributed by atoms with Crippen LogP contribution in [0, 0.1) is 5.41 Å². The summed E-state index contributed by atoms with van der Waals surface area (Å²) in [5.74, 6) is 1.01. The molecule has 0 saturated carbocycles. The Morgan fingerprint density at radius 2 is 2.47 bits per heavy atom. The molecule has 1 saturated heterocycles. The van der Waals surface area contributed by atoms with Gasteiger partial charge in [0.05, 0.1) is 12.8 Å². The van der Waals surface area contributed by atoms with E-state index in [4.69, 9.17) is 4.42 Å². The number of aliphatic hydroxyl groups is 1. The molecule has 1 aromatic heterocycles. The second-order valence-electron chi connectivity index (χ2n) is 4.86. The van der Waals surface area contributed by atoms with E-state index in [1.165, 1.54) is 0 Å². The second kappa shape index (κ2) is 4.37. The molecule has 0 bridgehead atoms. The highest BCUT2D eigenvalue weighted by Gasteiger charge is 2.30. The maximum absolute atomic E-state index is 9.34. The summed E-state index contributed by atoms with van der Waals surface area (Å²) in [5, 5.41) is 9.34. The normalized spacial score (nSPS) is 28.1. The van der Waals surface area contributed by atoms with Gasteiger partial charge in [-0.05, 0) is 31.5 Å². The van der Waals surface area contributed by atoms with Crippen LogP contribution in [-0.4, -0.2) is 29.7 Å². The van der Waals surface area contributed by atoms with Crippen molar-refractivity contribution in [1.82, 2.24) is 4.90 Å². The Hall–Kier alpha value is -0.800. The van der Waals surface area contributed by atoms with Gasteiger partial charge in [0.15, 0.2) is 0 Å². The van der Waals surface area contributed by atoms with Crippen molar-refractivity contribution in [2.75, 3.05) is 19.7 Å². The van der Waals surface area contributed by atoms with Crippen molar-refractivity contribution < 1.29 is 9.52 Å². The standard InChI is InChI=1S/C12H19NO2/c1-12(10-14)5-3-6-13(9-12)8-11-4-2-7-15-11/h2,4,7,14H,3,5-6,8-10H2,1H3. The molecule has 0 amide bonds. The van der Waals surface area contributed by atoms with Crippen LogP contribution in [0.2, 0.25) is 0 Å². The van der Waals surface area contributed by atoms with E-state index in [9.17, 15) is 5.11 Å². The van der Waals surface area contributed by atoms with Gasteiger partial charge in [-0.25, -0.2) is 0 Å². The van der Waals surface area contributed by atoms with Crippen LogP contribution in [0.4, 0.5) is 0 Å². The quantitative estimate of drug-likeness (QED) is 0.825. The average Bonchev–Trinajstić information content (AvgIpc) is 2.71. The fourth-order valence-electron chi connectivity index (χ4n) is 2.31. The van der Waals surface area contributed by atoms with E-state index in [0.717, 1.165) is 38.2 Å². The molecule has 1 atom stereocenters. The molecule has 0 spiro atoms. The third-order valence-corrected chi connectivity index (χ3v) is 3.20. The molecule has 2 rings (SSSR count). The largest absolute Gasteiger partial charge is 0.468 e. The SMILES string of the molecule is CC1(CO)CCCN(Cc2ccco2)C1. The molecular formula is C12H19NO2. The first-order chi connectivity index (χ1) is 7.22. The summed E-state index contributed by atoms with van der Waals surface area (Å²) >= 11 is 0. The zero-order chi connectivity index (χ0) is 10.7. The molecule has 1 N–H and O–H groups in total. The summed E-state index contributed by atoms with van der Waals surface area (Å²) in [6.45, 7) is 5.37. The molecule has 0 aliphatic carbocycles. The zero-order valence-corrected chi connectivity index (χ0v) is 9.28. The summed E-state index contributed by atoms with van der Waals surface area (Å²) < 4.78 is 5.33. The van der Waals surface area contributed by atoms with Gasteiger partial charge in [-0.1, -0.05) is 6.92 Å². The number of hydrogen-bond acceptors (Lipinski definition) is 3. The van der Waals surface area contributed by atoms with Crippen molar-refractivity contribution >= 4 is 0 Å². The van der Waals surface area contributed by atoms with Crippen molar-refractivity contribution in [2.45, 2.75) is 26.3 Å². The van der Waals surface area contributed by atoms with Crippen molar-refractivity contribution in [3.8, 4) is 0 Å². The topological polar surface area (TPSA) is 36.6 Å². The minimum Gasteiger partial charge on any atom is -0.468 e. The van der Waals surface area contributed by atoms with E-state index in [-0.39, 0.29) is 12.0 Å². The van der Waals surface area contributed by atoms with Gasteiger partial charge in [0.1, 0.15) is 5.76 Å². The highest BCUT2D eigenvalue weighted by molar-refractivity contribution is 4.98. The van der Waals surface area contributed by atoms with Crippen LogP contribution in [0.25, 0.3) is 0 Å². The van der Waals surface area contributed by atoms with Gasteiger partial charge in [0.2, 0.25) is 0 Å². The van der Waals surface area contributed by atoms with E-state index < -0.39 is 0 Å². The van der Waals surface area contributed by atoms with Crippen molar-refractivity contribution in [3.05, 3.63) is 24.2 Å². The summed E-state index contributed by atoms with van der Waals surface area (Å²) in [6.07, 6.45) is 4.00. The van der Waals surface area contributed by atoms with Gasteiger partial charge >= 0.3 is 0 Å². The second-order valence-corrected chi connectivity index (χ2v) is 4.86. The Morgan fingerprint density at radius 3 is 3.13 bits per heavy atom. The van der Waals surface area contributed by atoms with E-state index in [1.807, 2.05) is 12.1 Å². The number of nitrogens with zero attached hydrogens (tertiary/aromatic N) is 1. The Kier molecular flexibility index (Phi) is 3.12. The third kappa shape index (κ3) is 2.61. The minimum absolute atomic E-state index is 0.0742. The summed E-state index contributed by atoms with van der Waals surface area (Å²) in [7, 11) is 0. The van der Waals surface area contributed by atoms with Crippen LogP contribution in [0.3, 0.4) is 0 Å². The molecule has 84 valence electrons. The third-order valence-electron chi connectivity index (χ3n) is 3.20. The Morgan fingerprint density at radius 1 is 1.60 bits per heavy atom. The predicted molar refractivity (Wildman–Crippen MR) is 58.4 cm³/mol. The van der Waals surface area contributed by atoms with Gasteiger partial charge in [0.25, 0.3) is 0 Å². The van der Waals surface area contributed by atoms with Crippen LogP contribution in [0.15, 0.2) is 22.8 Å². The van der Waals surface area contributed by atoms with Gasteiger partial charge in [-0.2, -0.15) is 0 Å². The van der Waals surface area contributed by atoms with Crippen LogP contribution < -0.4 is 0 Å². The van der Waals surface area contributed by atoms with Gasteiger partial charge in [0, 0.05) is 18.6 Å². The molecule has 1 unspecified atom stereocenters. The van der Waals surface area contributed by atoms with Crippen LogP contribution in [-0.2, 0) is 6.54 Å². The minimum atomic E-state index is 0.0742. The summed E-state index contributed by atoms with van der Waals surface area (Å²) in [6, 6.07) is 3.93. The number of furan rings is 1. The molecule has 2 heterocycles. The lowest BCUT2D eigenvalue weighted by molar-refractivity contribution is 0.0399. The fourth-order valence-corrected chi connectivity index (χ4v) is 2.31. The summed E-state index contributed by atoms with van der Waals surface area (Å²) in [4.78, 5) is 2.36. The summed E-state index contributed by atoms with van der Waals surface area (Å²) in [5.41, 5.74) is 0.0742. The number of rotatable bonds is 3. The Balaban J connectivity index is 1.93. The predicted octanol–water partition coefficient (Wildman–Crippen LogP) is 1.87. The van der Waals surface area contributed by atoms with Crippen LogP contribution in [0.1, 0.15) is 25.5 Å². The number of aliphatic hydroxyl groups excluding tert-OH is 1. The first-order valence-corrected chi connectivity index (χ1v) is 5.57. The van der Waals surface area contributed by atoms with Crippen LogP contribution in [0.5, 0.6) is 0 Å². The highest BCUT2D eigenvalue weighted by atomic mass is 16.3. The molecule has 3 heteroatoms. The van der Waals surface area contributed by atoms with E-state index in [2.05, 4.69) is 11.8 Å². The molecule has 1 aromatic rings. The van der Waals surface area contributed by atoms with Gasteiger partial charge in [-0.15, -0.1) is 0 Å². The lowest BCUT2D eigenvalue weighted by Gasteiger charge is -2.38. The molecule has 0 radical (unpaired) electrons. The number of piperidine rings is 1. The molecule has 1 aliphatic rings. The number of hydrogen-bond donors (Lipinski definition) is 1. The first kappa shape index (κ1) is 10.7. The Bertz CT molecular complexity index is 297. The maximum atomic E-state index is 9.34. The van der Waals surface area contributed by atoms with Crippen molar-refractivity contribution in [1.29, 1.82) is 0 Å². The van der Waals surface area contributed by atoms with Crippen LogP contribution >= 0.6 is 0 Å². The lowest BCUT2D eigenvalue weighted by atomic mass is 9.83. The van der Waals surface area contributed by atoms with Crippen molar-refractivity contribution in [3.63, 3.8) is 0 Å². The molecule has 1 aliphatic heterocycles. The van der Waals surface area contributed by atoms with Gasteiger partial charge < -0.3 is 9.52 Å². The molecule has 15 heavy (non-hydrogen) atoms. The Labute approximate surface area is 90.7 Å². The fraction of sp³-hybridized carbons (Fsp3) is 0.667.